The molecule has 4 N–H and O–H groups in total. The van der Waals surface area contributed by atoms with Gasteiger partial charge >= 0.3 is 12.1 Å². The van der Waals surface area contributed by atoms with Crippen molar-refractivity contribution < 1.29 is 29.3 Å². The van der Waals surface area contributed by atoms with Crippen molar-refractivity contribution in [3.8, 4) is 22.2 Å². The molecule has 0 saturated carbocycles. The molecule has 11 heteroatoms. The number of carbonyl (C=O) groups is 2. The van der Waals surface area contributed by atoms with Gasteiger partial charge in [0.15, 0.2) is 11.5 Å². The summed E-state index contributed by atoms with van der Waals surface area (Å²) in [6.07, 6.45) is -0.750. The molecule has 2 heterocycles. The van der Waals surface area contributed by atoms with Gasteiger partial charge in [-0.05, 0) is 29.1 Å². The Bertz CT molecular complexity index is 1110. The Morgan fingerprint density at radius 3 is 2.62 bits per heavy atom. The molecule has 0 aliphatic carbocycles. The number of hydrogen-bond donors (Lipinski definition) is 4. The van der Waals surface area contributed by atoms with Crippen molar-refractivity contribution in [2.75, 3.05) is 12.4 Å². The number of anilines is 1. The summed E-state index contributed by atoms with van der Waals surface area (Å²) in [4.78, 5) is 41.4. The summed E-state index contributed by atoms with van der Waals surface area (Å²) >= 11 is 1.11. The maximum atomic E-state index is 12.1. The van der Waals surface area contributed by atoms with E-state index in [4.69, 9.17) is 14.6 Å². The molecule has 0 bridgehead atoms. The van der Waals surface area contributed by atoms with Gasteiger partial charge in [-0.3, -0.25) is 10.1 Å². The third kappa shape index (κ3) is 4.52. The molecule has 3 rings (SSSR count). The zero-order valence-electron chi connectivity index (χ0n) is 15.0. The zero-order chi connectivity index (χ0) is 21.0. The van der Waals surface area contributed by atoms with E-state index in [1.807, 2.05) is 0 Å². The molecule has 150 valence electrons. The van der Waals surface area contributed by atoms with Crippen LogP contribution in [0.3, 0.4) is 0 Å². The van der Waals surface area contributed by atoms with E-state index in [9.17, 15) is 19.5 Å². The number of amides is 1. The fourth-order valence-electron chi connectivity index (χ4n) is 2.33. The van der Waals surface area contributed by atoms with Gasteiger partial charge in [-0.2, -0.15) is 0 Å². The molecule has 3 aromatic rings. The van der Waals surface area contributed by atoms with Gasteiger partial charge in [0.1, 0.15) is 12.4 Å². The van der Waals surface area contributed by atoms with Crippen LogP contribution in [0.15, 0.2) is 40.5 Å². The number of rotatable bonds is 6. The lowest BCUT2D eigenvalue weighted by Gasteiger charge is -2.09. The van der Waals surface area contributed by atoms with E-state index in [2.05, 4.69) is 15.3 Å². The highest BCUT2D eigenvalue weighted by Crippen LogP contribution is 2.31. The molecule has 0 fully saturated rings. The third-order valence-electron chi connectivity index (χ3n) is 3.74. The number of H-pyrrole nitrogens is 1. The Labute approximate surface area is 167 Å². The van der Waals surface area contributed by atoms with E-state index in [-0.39, 0.29) is 18.1 Å². The van der Waals surface area contributed by atoms with Crippen LogP contribution in [0.25, 0.3) is 10.7 Å². The van der Waals surface area contributed by atoms with Crippen LogP contribution in [0.5, 0.6) is 11.5 Å². The van der Waals surface area contributed by atoms with Crippen LogP contribution in [0.4, 0.5) is 10.5 Å². The summed E-state index contributed by atoms with van der Waals surface area (Å²) in [5, 5.41) is 22.7. The monoisotopic (exact) mass is 417 g/mol. The number of nitrogens with zero attached hydrogens (tertiary/aromatic N) is 1. The second kappa shape index (κ2) is 8.44. The Hall–Kier alpha value is -3.86. The van der Waals surface area contributed by atoms with Crippen molar-refractivity contribution >= 4 is 29.1 Å². The highest BCUT2D eigenvalue weighted by atomic mass is 32.1. The Balaban J connectivity index is 1.74. The first-order chi connectivity index (χ1) is 13.9. The number of methoxy groups -OCH3 is 1. The van der Waals surface area contributed by atoms with E-state index in [0.717, 1.165) is 16.9 Å². The van der Waals surface area contributed by atoms with Crippen LogP contribution in [0.1, 0.15) is 16.1 Å². The number of carboxylic acid groups (broad SMARTS) is 1. The van der Waals surface area contributed by atoms with Gasteiger partial charge in [-0.25, -0.2) is 14.6 Å². The van der Waals surface area contributed by atoms with Crippen LogP contribution < -0.4 is 15.6 Å². The normalized spacial score (nSPS) is 10.4. The van der Waals surface area contributed by atoms with Crippen molar-refractivity contribution in [3.63, 3.8) is 0 Å². The van der Waals surface area contributed by atoms with E-state index in [0.29, 0.717) is 10.6 Å². The molecule has 0 aliphatic heterocycles. The third-order valence-corrected chi connectivity index (χ3v) is 4.66. The predicted molar refractivity (Wildman–Crippen MR) is 104 cm³/mol. The van der Waals surface area contributed by atoms with E-state index in [1.54, 1.807) is 42.8 Å². The SMILES string of the molecule is COc1ccc(COC(=O)Nc2ccsc2-c2nc(C(=O)O)c(O)c(=O)[nH]2)cc1. The molecular formula is C18H15N3O7S. The Morgan fingerprint density at radius 2 is 1.97 bits per heavy atom. The average Bonchev–Trinajstić information content (AvgIpc) is 3.16. The number of carbonyl (C=O) groups excluding carboxylic acids is 1. The lowest BCUT2D eigenvalue weighted by molar-refractivity contribution is 0.0686. The largest absolute Gasteiger partial charge is 0.501 e. The van der Waals surface area contributed by atoms with Gasteiger partial charge in [-0.15, -0.1) is 11.3 Å². The number of nitrogens with one attached hydrogen (secondary N) is 2. The first-order valence-corrected chi connectivity index (χ1v) is 8.98. The van der Waals surface area contributed by atoms with Gasteiger partial charge in [0.05, 0.1) is 17.7 Å². The highest BCUT2D eigenvalue weighted by molar-refractivity contribution is 7.14. The van der Waals surface area contributed by atoms with E-state index >= 15 is 0 Å². The Kier molecular flexibility index (Phi) is 5.79. The molecule has 1 aromatic carbocycles. The maximum Gasteiger partial charge on any atom is 0.412 e. The quantitative estimate of drug-likeness (QED) is 0.478. The number of carboxylic acids is 1. The van der Waals surface area contributed by atoms with Crippen LogP contribution in [0.2, 0.25) is 0 Å². The highest BCUT2D eigenvalue weighted by Gasteiger charge is 2.20. The van der Waals surface area contributed by atoms with Crippen molar-refractivity contribution in [1.29, 1.82) is 0 Å². The summed E-state index contributed by atoms with van der Waals surface area (Å²) in [6, 6.07) is 8.52. The van der Waals surface area contributed by atoms with Gasteiger partial charge < -0.3 is 24.7 Å². The molecule has 0 aliphatic rings. The second-order valence-corrected chi connectivity index (χ2v) is 6.55. The average molecular weight is 417 g/mol. The van der Waals surface area contributed by atoms with Crippen molar-refractivity contribution in [2.24, 2.45) is 0 Å². The number of aromatic carboxylic acids is 1. The number of aromatic nitrogens is 2. The Morgan fingerprint density at radius 1 is 1.24 bits per heavy atom. The van der Waals surface area contributed by atoms with Gasteiger partial charge in [0, 0.05) is 0 Å². The molecule has 2 aromatic heterocycles. The van der Waals surface area contributed by atoms with Crippen LogP contribution in [-0.4, -0.2) is 39.4 Å². The molecule has 29 heavy (non-hydrogen) atoms. The van der Waals surface area contributed by atoms with Crippen LogP contribution >= 0.6 is 11.3 Å². The van der Waals surface area contributed by atoms with Crippen LogP contribution in [0, 0.1) is 0 Å². The maximum absolute atomic E-state index is 12.1. The number of thiophene rings is 1. The summed E-state index contributed by atoms with van der Waals surface area (Å²) < 4.78 is 10.2. The molecule has 0 radical (unpaired) electrons. The second-order valence-electron chi connectivity index (χ2n) is 5.63. The number of hydrogen-bond acceptors (Lipinski definition) is 8. The van der Waals surface area contributed by atoms with E-state index in [1.165, 1.54) is 0 Å². The van der Waals surface area contributed by atoms with Gasteiger partial charge in [0.2, 0.25) is 5.75 Å². The van der Waals surface area contributed by atoms with Crippen LogP contribution in [-0.2, 0) is 11.3 Å². The zero-order valence-corrected chi connectivity index (χ0v) is 15.8. The number of benzene rings is 1. The van der Waals surface area contributed by atoms with Gasteiger partial charge in [0.25, 0.3) is 5.56 Å². The molecule has 0 unspecified atom stereocenters. The minimum absolute atomic E-state index is 0.0206. The molecule has 1 amide bonds. The molecule has 0 saturated heterocycles. The summed E-state index contributed by atoms with van der Waals surface area (Å²) in [6.45, 7) is 0.0206. The summed E-state index contributed by atoms with van der Waals surface area (Å²) in [7, 11) is 1.55. The first kappa shape index (κ1) is 19.9. The summed E-state index contributed by atoms with van der Waals surface area (Å²) in [5.41, 5.74) is -0.777. The molecule has 0 atom stereocenters. The smallest absolute Gasteiger partial charge is 0.412 e. The topological polar surface area (TPSA) is 151 Å². The first-order valence-electron chi connectivity index (χ1n) is 8.10. The number of aromatic amines is 1. The van der Waals surface area contributed by atoms with E-state index < -0.39 is 29.1 Å². The lowest BCUT2D eigenvalue weighted by Crippen LogP contribution is -2.16. The molecule has 10 nitrogen and oxygen atoms in total. The minimum atomic E-state index is -1.56. The number of ether oxygens (including phenoxy) is 2. The predicted octanol–water partition coefficient (Wildman–Crippen LogP) is 2.66. The van der Waals surface area contributed by atoms with Gasteiger partial charge in [-0.1, -0.05) is 12.1 Å². The lowest BCUT2D eigenvalue weighted by atomic mass is 10.2. The minimum Gasteiger partial charge on any atom is -0.501 e. The molecular weight excluding hydrogens is 402 g/mol. The number of aromatic hydroxyl groups is 1. The van der Waals surface area contributed by atoms with Crippen molar-refractivity contribution in [1.82, 2.24) is 9.97 Å². The van der Waals surface area contributed by atoms with Crippen molar-refractivity contribution in [3.05, 3.63) is 57.3 Å². The fourth-order valence-corrected chi connectivity index (χ4v) is 3.13. The van der Waals surface area contributed by atoms with Crippen molar-refractivity contribution in [2.45, 2.75) is 6.61 Å². The molecule has 0 spiro atoms. The summed E-state index contributed by atoms with van der Waals surface area (Å²) in [5.74, 6) is -1.98. The fraction of sp³-hybridized carbons (Fsp3) is 0.111. The standard InChI is InChI=1S/C18H15N3O7S/c1-27-10-4-2-9(3-5-10)8-28-18(26)19-11-6-7-29-14(11)15-20-12(17(24)25)13(22)16(23)21-15/h2-7,22H,8H2,1H3,(H,19,26)(H,24,25)(H,20,21,23).